The van der Waals surface area contributed by atoms with Crippen LogP contribution in [0.3, 0.4) is 0 Å². The maximum absolute atomic E-state index is 12.8. The number of anilines is 1. The van der Waals surface area contributed by atoms with Gasteiger partial charge in [-0.2, -0.15) is 5.26 Å². The smallest absolute Gasteiger partial charge is 0.235 e. The van der Waals surface area contributed by atoms with Crippen molar-refractivity contribution in [1.29, 1.82) is 5.26 Å². The molecule has 1 aliphatic rings. The van der Waals surface area contributed by atoms with Gasteiger partial charge in [0, 0.05) is 11.4 Å². The molecule has 3 aromatic rings. The van der Waals surface area contributed by atoms with Crippen molar-refractivity contribution in [3.05, 3.63) is 51.7 Å². The number of nitriles is 1. The molecule has 7 nitrogen and oxygen atoms in total. The summed E-state index contributed by atoms with van der Waals surface area (Å²) in [6.07, 6.45) is 2.68. The van der Waals surface area contributed by atoms with Gasteiger partial charge in [-0.05, 0) is 68.2 Å². The van der Waals surface area contributed by atoms with E-state index in [-0.39, 0.29) is 17.8 Å². The highest BCUT2D eigenvalue weighted by molar-refractivity contribution is 7.99. The van der Waals surface area contributed by atoms with Crippen LogP contribution >= 0.6 is 23.1 Å². The first kappa shape index (κ1) is 26.2. The predicted molar refractivity (Wildman–Crippen MR) is 145 cm³/mol. The van der Waals surface area contributed by atoms with Crippen LogP contribution in [-0.4, -0.2) is 26.4 Å². The quantitative estimate of drug-likeness (QED) is 0.329. The Bertz CT molecular complexity index is 1260. The lowest BCUT2D eigenvalue weighted by atomic mass is 9.89. The van der Waals surface area contributed by atoms with Crippen LogP contribution in [0.1, 0.15) is 80.5 Å². The largest absolute Gasteiger partial charge is 0.483 e. The first-order chi connectivity index (χ1) is 17.3. The van der Waals surface area contributed by atoms with Crippen molar-refractivity contribution in [1.82, 2.24) is 14.8 Å². The summed E-state index contributed by atoms with van der Waals surface area (Å²) in [6.45, 7) is 11.2. The zero-order valence-corrected chi connectivity index (χ0v) is 23.1. The second kappa shape index (κ2) is 11.5. The van der Waals surface area contributed by atoms with E-state index in [0.29, 0.717) is 34.1 Å². The fourth-order valence-electron chi connectivity index (χ4n) is 4.44. The summed E-state index contributed by atoms with van der Waals surface area (Å²) in [5, 5.41) is 22.7. The molecule has 1 aromatic carbocycles. The molecule has 2 atom stereocenters. The highest BCUT2D eigenvalue weighted by atomic mass is 32.2. The van der Waals surface area contributed by atoms with E-state index in [1.54, 1.807) is 11.3 Å². The molecule has 0 fully saturated rings. The third-order valence-electron chi connectivity index (χ3n) is 6.49. The molecule has 9 heteroatoms. The topological polar surface area (TPSA) is 92.8 Å². The van der Waals surface area contributed by atoms with E-state index in [9.17, 15) is 10.1 Å². The lowest BCUT2D eigenvalue weighted by Crippen LogP contribution is -2.15. The molecule has 1 amide bonds. The lowest BCUT2D eigenvalue weighted by molar-refractivity contribution is -0.113. The molecule has 4 rings (SSSR count). The van der Waals surface area contributed by atoms with Crippen LogP contribution < -0.4 is 10.1 Å². The number of nitrogens with zero attached hydrogens (tertiary/aromatic N) is 4. The first-order valence-electron chi connectivity index (χ1n) is 12.5. The van der Waals surface area contributed by atoms with Crippen LogP contribution in [0.4, 0.5) is 5.00 Å². The average Bonchev–Trinajstić information content (AvgIpc) is 3.42. The van der Waals surface area contributed by atoms with E-state index >= 15 is 0 Å². The van der Waals surface area contributed by atoms with E-state index in [0.717, 1.165) is 36.4 Å². The molecule has 36 heavy (non-hydrogen) atoms. The predicted octanol–water partition coefficient (Wildman–Crippen LogP) is 6.35. The molecule has 1 aliphatic carbocycles. The van der Waals surface area contributed by atoms with Gasteiger partial charge in [-0.15, -0.1) is 21.5 Å². The van der Waals surface area contributed by atoms with Gasteiger partial charge in [0.05, 0.1) is 11.3 Å². The van der Waals surface area contributed by atoms with Gasteiger partial charge in [0.25, 0.3) is 0 Å². The SMILES string of the molecule is CCn1c(SCC(=O)Nc2sc3c(c2C#N)CCC(C)C3)nnc1C(C)Oc1ccc(C(C)C)cc1. The number of carbonyl (C=O) groups is 1. The van der Waals surface area contributed by atoms with Gasteiger partial charge in [-0.3, -0.25) is 4.79 Å². The van der Waals surface area contributed by atoms with Gasteiger partial charge >= 0.3 is 0 Å². The molecule has 2 aromatic heterocycles. The summed E-state index contributed by atoms with van der Waals surface area (Å²) < 4.78 is 8.11. The number of fused-ring (bicyclic) bond motifs is 1. The Kier molecular flexibility index (Phi) is 8.37. The van der Waals surface area contributed by atoms with Gasteiger partial charge in [-0.25, -0.2) is 0 Å². The van der Waals surface area contributed by atoms with Gasteiger partial charge in [0.15, 0.2) is 17.1 Å². The minimum atomic E-state index is -0.288. The third-order valence-corrected chi connectivity index (χ3v) is 8.63. The number of amides is 1. The van der Waals surface area contributed by atoms with Crippen molar-refractivity contribution >= 4 is 34.0 Å². The second-order valence-corrected chi connectivity index (χ2v) is 11.6. The zero-order valence-electron chi connectivity index (χ0n) is 21.5. The number of thioether (sulfide) groups is 1. The van der Waals surface area contributed by atoms with Crippen molar-refractivity contribution in [2.45, 2.75) is 77.6 Å². The molecule has 0 spiro atoms. The monoisotopic (exact) mass is 523 g/mol. The molecular weight excluding hydrogens is 490 g/mol. The zero-order chi connectivity index (χ0) is 25.8. The third kappa shape index (κ3) is 5.76. The molecule has 2 unspecified atom stereocenters. The van der Waals surface area contributed by atoms with E-state index in [1.807, 2.05) is 30.5 Å². The minimum absolute atomic E-state index is 0.148. The Morgan fingerprint density at radius 3 is 2.72 bits per heavy atom. The number of hydrogen-bond acceptors (Lipinski definition) is 7. The Morgan fingerprint density at radius 2 is 2.06 bits per heavy atom. The highest BCUT2D eigenvalue weighted by Crippen LogP contribution is 2.39. The molecule has 0 bridgehead atoms. The first-order valence-corrected chi connectivity index (χ1v) is 14.3. The summed E-state index contributed by atoms with van der Waals surface area (Å²) in [7, 11) is 0. The molecule has 0 saturated heterocycles. The molecule has 2 heterocycles. The van der Waals surface area contributed by atoms with Crippen LogP contribution in [0.25, 0.3) is 0 Å². The van der Waals surface area contributed by atoms with Crippen LogP contribution in [0.15, 0.2) is 29.4 Å². The van der Waals surface area contributed by atoms with Gasteiger partial charge in [-0.1, -0.05) is 44.7 Å². The lowest BCUT2D eigenvalue weighted by Gasteiger charge is -2.17. The van der Waals surface area contributed by atoms with Crippen LogP contribution in [0, 0.1) is 17.2 Å². The average molecular weight is 524 g/mol. The fourth-order valence-corrected chi connectivity index (χ4v) is 6.63. The van der Waals surface area contributed by atoms with Crippen molar-refractivity contribution in [2.75, 3.05) is 11.1 Å². The summed E-state index contributed by atoms with van der Waals surface area (Å²) in [6, 6.07) is 10.4. The fraction of sp³-hybridized carbons (Fsp3) is 0.481. The number of rotatable bonds is 9. The van der Waals surface area contributed by atoms with Gasteiger partial charge in [0.1, 0.15) is 16.8 Å². The van der Waals surface area contributed by atoms with Gasteiger partial charge < -0.3 is 14.6 Å². The van der Waals surface area contributed by atoms with E-state index in [1.165, 1.54) is 22.2 Å². The number of benzene rings is 1. The maximum Gasteiger partial charge on any atom is 0.235 e. The summed E-state index contributed by atoms with van der Waals surface area (Å²) >= 11 is 2.89. The molecular formula is C27H33N5O2S2. The number of thiophene rings is 1. The molecule has 1 N–H and O–H groups in total. The van der Waals surface area contributed by atoms with Crippen LogP contribution in [0.5, 0.6) is 5.75 Å². The molecule has 0 aliphatic heterocycles. The van der Waals surface area contributed by atoms with Crippen molar-refractivity contribution < 1.29 is 9.53 Å². The van der Waals surface area contributed by atoms with Crippen molar-refractivity contribution in [3.63, 3.8) is 0 Å². The Balaban J connectivity index is 1.39. The number of nitrogens with one attached hydrogen (secondary N) is 1. The number of hydrogen-bond donors (Lipinski definition) is 1. The molecule has 0 radical (unpaired) electrons. The summed E-state index contributed by atoms with van der Waals surface area (Å²) in [4.78, 5) is 14.0. The number of carbonyl (C=O) groups excluding carboxylic acids is 1. The second-order valence-electron chi connectivity index (χ2n) is 9.57. The normalized spacial score (nSPS) is 15.9. The van der Waals surface area contributed by atoms with Crippen molar-refractivity contribution in [2.24, 2.45) is 5.92 Å². The van der Waals surface area contributed by atoms with E-state index in [4.69, 9.17) is 4.74 Å². The molecule has 0 saturated carbocycles. The Labute approximate surface area is 221 Å². The van der Waals surface area contributed by atoms with Crippen LogP contribution in [-0.2, 0) is 24.2 Å². The standard InChI is InChI=1S/C27H33N5O2S2/c1-6-32-25(18(5)34-20-10-8-19(9-11-20)16(2)3)30-31-27(32)35-15-24(33)29-26-22(14-28)21-12-7-17(4)13-23(21)36-26/h8-11,16-18H,6-7,12-13,15H2,1-5H3,(H,29,33). The van der Waals surface area contributed by atoms with Crippen LogP contribution in [0.2, 0.25) is 0 Å². The highest BCUT2D eigenvalue weighted by Gasteiger charge is 2.25. The van der Waals surface area contributed by atoms with Crippen molar-refractivity contribution in [3.8, 4) is 11.8 Å². The summed E-state index contributed by atoms with van der Waals surface area (Å²) in [5.41, 5.74) is 3.02. The molecule has 190 valence electrons. The summed E-state index contributed by atoms with van der Waals surface area (Å²) in [5.74, 6) is 2.63. The van der Waals surface area contributed by atoms with Gasteiger partial charge in [0.2, 0.25) is 5.91 Å². The minimum Gasteiger partial charge on any atom is -0.483 e. The maximum atomic E-state index is 12.8. The van der Waals surface area contributed by atoms with E-state index in [2.05, 4.69) is 54.5 Å². The Morgan fingerprint density at radius 1 is 1.31 bits per heavy atom. The Hall–Kier alpha value is -2.83. The number of ether oxygens (including phenoxy) is 1. The van der Waals surface area contributed by atoms with E-state index < -0.39 is 0 Å². The number of aromatic nitrogens is 3.